The fraction of sp³-hybridized carbons (Fsp3) is 0.950. The molecule has 1 amide bonds. The Morgan fingerprint density at radius 1 is 1.12 bits per heavy atom. The molecule has 0 unspecified atom stereocenters. The Morgan fingerprint density at radius 3 is 2.58 bits per heavy atom. The van der Waals surface area contributed by atoms with Crippen LogP contribution in [0.2, 0.25) is 0 Å². The maximum Gasteiger partial charge on any atom is 0.245 e. The van der Waals surface area contributed by atoms with E-state index in [2.05, 4.69) is 0 Å². The molecule has 2 bridgehead atoms. The highest BCUT2D eigenvalue weighted by Crippen LogP contribution is 2.45. The predicted octanol–water partition coefficient (Wildman–Crippen LogP) is 3.88. The number of carbonyl (C=O) groups excluding carboxylic acids is 1. The molecule has 0 aromatic carbocycles. The lowest BCUT2D eigenvalue weighted by atomic mass is 9.81. The average Bonchev–Trinajstić information content (AvgIpc) is 3.25. The minimum absolute atomic E-state index is 0.198. The Kier molecular flexibility index (Phi) is 8.10. The lowest BCUT2D eigenvalue weighted by Crippen LogP contribution is -2.34. The molecule has 3 aliphatic rings. The molecule has 2 heterocycles. The molecule has 4 atom stereocenters. The molecule has 3 fully saturated rings. The Balaban J connectivity index is 1.33. The minimum atomic E-state index is -0.198. The van der Waals surface area contributed by atoms with E-state index in [0.29, 0.717) is 41.6 Å². The van der Waals surface area contributed by atoms with Crippen molar-refractivity contribution in [2.45, 2.75) is 82.5 Å². The third-order valence-corrected chi connectivity index (χ3v) is 7.47. The summed E-state index contributed by atoms with van der Waals surface area (Å²) in [6.45, 7) is 0.883. The SMILES string of the molecule is CN(O)C(=O)CCCCSC[C@H]1[C@@H](COC2CCCCC2)[C@H]2CC[C@@H]1O2. The highest BCUT2D eigenvalue weighted by molar-refractivity contribution is 7.99. The van der Waals surface area contributed by atoms with Crippen LogP contribution >= 0.6 is 11.8 Å². The molecule has 6 heteroatoms. The molecule has 5 nitrogen and oxygen atoms in total. The van der Waals surface area contributed by atoms with Gasteiger partial charge in [-0.2, -0.15) is 11.8 Å². The van der Waals surface area contributed by atoms with E-state index in [0.717, 1.165) is 31.0 Å². The molecule has 26 heavy (non-hydrogen) atoms. The zero-order valence-electron chi connectivity index (χ0n) is 16.1. The van der Waals surface area contributed by atoms with Crippen molar-refractivity contribution in [1.29, 1.82) is 0 Å². The van der Waals surface area contributed by atoms with Gasteiger partial charge in [-0.3, -0.25) is 10.0 Å². The number of thioether (sulfide) groups is 1. The predicted molar refractivity (Wildman–Crippen MR) is 103 cm³/mol. The lowest BCUT2D eigenvalue weighted by molar-refractivity contribution is -0.159. The molecule has 150 valence electrons. The van der Waals surface area contributed by atoms with Crippen molar-refractivity contribution in [3.05, 3.63) is 0 Å². The van der Waals surface area contributed by atoms with Crippen LogP contribution in [0.1, 0.15) is 64.2 Å². The van der Waals surface area contributed by atoms with E-state index in [1.165, 1.54) is 52.0 Å². The molecular weight excluding hydrogens is 350 g/mol. The standard InChI is InChI=1S/C20H35NO4S/c1-21(23)20(22)9-5-6-12-26-14-17-16(18-10-11-19(17)25-18)13-24-15-7-3-2-4-8-15/h15-19,23H,2-14H2,1H3/t16-,17+,18-,19+/m1/s1. The second kappa shape index (κ2) is 10.3. The average molecular weight is 386 g/mol. The minimum Gasteiger partial charge on any atom is -0.378 e. The van der Waals surface area contributed by atoms with Crippen LogP contribution in [0.5, 0.6) is 0 Å². The van der Waals surface area contributed by atoms with Gasteiger partial charge in [-0.15, -0.1) is 0 Å². The summed E-state index contributed by atoms with van der Waals surface area (Å²) >= 11 is 1.99. The zero-order valence-corrected chi connectivity index (χ0v) is 16.9. The number of fused-ring (bicyclic) bond motifs is 2. The summed E-state index contributed by atoms with van der Waals surface area (Å²) in [7, 11) is 1.39. The van der Waals surface area contributed by atoms with Crippen molar-refractivity contribution >= 4 is 17.7 Å². The van der Waals surface area contributed by atoms with Crippen molar-refractivity contribution in [1.82, 2.24) is 5.06 Å². The number of hydrogen-bond acceptors (Lipinski definition) is 5. The highest BCUT2D eigenvalue weighted by Gasteiger charge is 2.48. The van der Waals surface area contributed by atoms with E-state index >= 15 is 0 Å². The molecule has 2 saturated heterocycles. The first kappa shape index (κ1) is 20.4. The number of nitrogens with zero attached hydrogens (tertiary/aromatic N) is 1. The van der Waals surface area contributed by atoms with E-state index in [4.69, 9.17) is 14.7 Å². The number of rotatable bonds is 10. The largest absolute Gasteiger partial charge is 0.378 e. The maximum absolute atomic E-state index is 11.4. The summed E-state index contributed by atoms with van der Waals surface area (Å²) in [4.78, 5) is 11.4. The van der Waals surface area contributed by atoms with Crippen LogP contribution in [0.15, 0.2) is 0 Å². The summed E-state index contributed by atoms with van der Waals surface area (Å²) < 4.78 is 12.5. The molecule has 1 saturated carbocycles. The first-order valence-corrected chi connectivity index (χ1v) is 11.6. The van der Waals surface area contributed by atoms with Gasteiger partial charge in [0.25, 0.3) is 0 Å². The van der Waals surface area contributed by atoms with E-state index in [9.17, 15) is 4.79 Å². The molecule has 1 aliphatic carbocycles. The molecule has 1 N–H and O–H groups in total. The lowest BCUT2D eigenvalue weighted by Gasteiger charge is -2.30. The van der Waals surface area contributed by atoms with Crippen molar-refractivity contribution < 1.29 is 19.5 Å². The van der Waals surface area contributed by atoms with E-state index in [1.807, 2.05) is 11.8 Å². The molecule has 0 aromatic heterocycles. The van der Waals surface area contributed by atoms with Crippen LogP contribution in [0.3, 0.4) is 0 Å². The second-order valence-electron chi connectivity index (χ2n) is 8.16. The third kappa shape index (κ3) is 5.60. The van der Waals surface area contributed by atoms with Crippen LogP contribution < -0.4 is 0 Å². The van der Waals surface area contributed by atoms with E-state index < -0.39 is 0 Å². The quantitative estimate of drug-likeness (QED) is 0.351. The molecular formula is C20H35NO4S. The summed E-state index contributed by atoms with van der Waals surface area (Å²) in [6, 6.07) is 0. The maximum atomic E-state index is 11.4. The zero-order chi connectivity index (χ0) is 18.4. The van der Waals surface area contributed by atoms with Gasteiger partial charge in [0, 0.05) is 25.3 Å². The summed E-state index contributed by atoms with van der Waals surface area (Å²) in [6.07, 6.45) is 12.6. The highest BCUT2D eigenvalue weighted by atomic mass is 32.2. The van der Waals surface area contributed by atoms with Crippen molar-refractivity contribution in [2.24, 2.45) is 11.8 Å². The topological polar surface area (TPSA) is 59.0 Å². The smallest absolute Gasteiger partial charge is 0.245 e. The van der Waals surface area contributed by atoms with Gasteiger partial charge in [-0.05, 0) is 50.0 Å². The summed E-state index contributed by atoms with van der Waals surface area (Å²) in [5.41, 5.74) is 0. The first-order valence-electron chi connectivity index (χ1n) is 10.5. The molecule has 2 aliphatic heterocycles. The Hall–Kier alpha value is -0.300. The van der Waals surface area contributed by atoms with Gasteiger partial charge in [0.2, 0.25) is 5.91 Å². The normalized spacial score (nSPS) is 31.5. The van der Waals surface area contributed by atoms with Gasteiger partial charge >= 0.3 is 0 Å². The first-order chi connectivity index (χ1) is 12.6. The van der Waals surface area contributed by atoms with Gasteiger partial charge in [0.1, 0.15) is 0 Å². The molecule has 0 spiro atoms. The molecule has 3 rings (SSSR count). The number of hydroxylamine groups is 2. The van der Waals surface area contributed by atoms with Crippen molar-refractivity contribution in [3.8, 4) is 0 Å². The Morgan fingerprint density at radius 2 is 1.85 bits per heavy atom. The number of ether oxygens (including phenoxy) is 2. The third-order valence-electron chi connectivity index (χ3n) is 6.27. The number of amides is 1. The fourth-order valence-corrected chi connectivity index (χ4v) is 5.98. The van der Waals surface area contributed by atoms with Crippen LogP contribution in [-0.2, 0) is 14.3 Å². The Bertz CT molecular complexity index is 442. The van der Waals surface area contributed by atoms with E-state index in [-0.39, 0.29) is 5.91 Å². The van der Waals surface area contributed by atoms with Gasteiger partial charge < -0.3 is 9.47 Å². The summed E-state index contributed by atoms with van der Waals surface area (Å²) in [5, 5.41) is 9.75. The van der Waals surface area contributed by atoms with Gasteiger partial charge in [-0.1, -0.05) is 19.3 Å². The number of unbranched alkanes of at least 4 members (excludes halogenated alkanes) is 1. The van der Waals surface area contributed by atoms with Gasteiger partial charge in [0.05, 0.1) is 24.9 Å². The number of hydrogen-bond donors (Lipinski definition) is 1. The monoisotopic (exact) mass is 385 g/mol. The molecule has 0 aromatic rings. The summed E-state index contributed by atoms with van der Waals surface area (Å²) in [5.74, 6) is 3.23. The Labute approximate surface area is 162 Å². The van der Waals surface area contributed by atoms with Crippen LogP contribution in [-0.4, -0.2) is 59.6 Å². The van der Waals surface area contributed by atoms with Crippen LogP contribution in [0.4, 0.5) is 0 Å². The molecule has 0 radical (unpaired) electrons. The fourth-order valence-electron chi connectivity index (χ4n) is 4.67. The van der Waals surface area contributed by atoms with Crippen LogP contribution in [0.25, 0.3) is 0 Å². The van der Waals surface area contributed by atoms with E-state index in [1.54, 1.807) is 0 Å². The number of carbonyl (C=O) groups is 1. The van der Waals surface area contributed by atoms with Crippen LogP contribution in [0, 0.1) is 11.8 Å². The van der Waals surface area contributed by atoms with Crippen molar-refractivity contribution in [2.75, 3.05) is 25.2 Å². The van der Waals surface area contributed by atoms with Crippen molar-refractivity contribution in [3.63, 3.8) is 0 Å². The van der Waals surface area contributed by atoms with Gasteiger partial charge in [0.15, 0.2) is 0 Å². The second-order valence-corrected chi connectivity index (χ2v) is 9.31. The van der Waals surface area contributed by atoms with Gasteiger partial charge in [-0.25, -0.2) is 5.06 Å².